The van der Waals surface area contributed by atoms with Gasteiger partial charge in [0, 0.05) is 19.9 Å². The number of amides is 3. The Morgan fingerprint density at radius 2 is 1.50 bits per heavy atom. The Kier molecular flexibility index (Phi) is 10.5. The number of nitrogens with one attached hydrogen (secondary N) is 1. The third kappa shape index (κ3) is 5.33. The molecule has 0 aliphatic carbocycles. The van der Waals surface area contributed by atoms with Crippen molar-refractivity contribution in [2.24, 2.45) is 0 Å². The second-order valence-corrected chi connectivity index (χ2v) is 2.21. The Labute approximate surface area is 95.9 Å². The molecule has 1 N–H and O–H groups in total. The highest BCUT2D eigenvalue weighted by atomic mass is 16.7. The van der Waals surface area contributed by atoms with Gasteiger partial charge in [-0.05, 0) is 0 Å². The van der Waals surface area contributed by atoms with Crippen LogP contribution in [0, 0.1) is 0 Å². The van der Waals surface area contributed by atoms with Crippen LogP contribution in [0.5, 0.6) is 0 Å². The van der Waals surface area contributed by atoms with E-state index in [1.54, 1.807) is 0 Å². The summed E-state index contributed by atoms with van der Waals surface area (Å²) >= 11 is 0. The predicted octanol–water partition coefficient (Wildman–Crippen LogP) is 1.46. The SMILES string of the molecule is CC.CC.CNC(=O)ON1C(=O)CCC1=O. The van der Waals surface area contributed by atoms with Crippen LogP contribution in [0.25, 0.3) is 0 Å². The predicted molar refractivity (Wildman–Crippen MR) is 59.3 cm³/mol. The molecule has 94 valence electrons. The van der Waals surface area contributed by atoms with Gasteiger partial charge >= 0.3 is 6.09 Å². The Hall–Kier alpha value is -1.59. The fraction of sp³-hybridized carbons (Fsp3) is 0.700. The standard InChI is InChI=1S/C6H8N2O4.2C2H6/c1-7-6(11)12-8-4(9)2-3-5(8)10;2*1-2/h2-3H2,1H3,(H,7,11);2*1-2H3. The number of carbonyl (C=O) groups excluding carboxylic acids is 3. The maximum atomic E-state index is 10.8. The summed E-state index contributed by atoms with van der Waals surface area (Å²) in [4.78, 5) is 36.6. The summed E-state index contributed by atoms with van der Waals surface area (Å²) in [7, 11) is 1.34. The lowest BCUT2D eigenvalue weighted by atomic mass is 10.4. The summed E-state index contributed by atoms with van der Waals surface area (Å²) in [6.07, 6.45) is -0.607. The van der Waals surface area contributed by atoms with Crippen LogP contribution >= 0.6 is 0 Å². The van der Waals surface area contributed by atoms with Crippen molar-refractivity contribution >= 4 is 17.9 Å². The van der Waals surface area contributed by atoms with Crippen molar-refractivity contribution in [1.82, 2.24) is 10.4 Å². The second-order valence-electron chi connectivity index (χ2n) is 2.21. The van der Waals surface area contributed by atoms with Gasteiger partial charge in [0.25, 0.3) is 11.8 Å². The molecule has 0 unspecified atom stereocenters. The first kappa shape index (κ1) is 16.8. The molecule has 0 aromatic carbocycles. The highest BCUT2D eigenvalue weighted by Gasteiger charge is 2.32. The number of hydrogen-bond donors (Lipinski definition) is 1. The number of rotatable bonds is 1. The number of carbonyl (C=O) groups is 3. The number of nitrogens with zero attached hydrogens (tertiary/aromatic N) is 1. The Morgan fingerprint density at radius 1 is 1.12 bits per heavy atom. The van der Waals surface area contributed by atoms with E-state index in [1.165, 1.54) is 7.05 Å². The normalized spacial score (nSPS) is 13.2. The van der Waals surface area contributed by atoms with Crippen molar-refractivity contribution in [3.8, 4) is 0 Å². The molecule has 1 saturated heterocycles. The minimum atomic E-state index is -0.821. The van der Waals surface area contributed by atoms with Crippen LogP contribution in [-0.2, 0) is 14.4 Å². The molecular formula is C10H20N2O4. The molecule has 0 bridgehead atoms. The van der Waals surface area contributed by atoms with Gasteiger partial charge in [-0.3, -0.25) is 9.59 Å². The molecule has 3 amide bonds. The van der Waals surface area contributed by atoms with Crippen molar-refractivity contribution in [1.29, 1.82) is 0 Å². The summed E-state index contributed by atoms with van der Waals surface area (Å²) in [5.41, 5.74) is 0. The summed E-state index contributed by atoms with van der Waals surface area (Å²) in [5.74, 6) is -0.966. The van der Waals surface area contributed by atoms with Crippen LogP contribution in [0.2, 0.25) is 0 Å². The molecule has 16 heavy (non-hydrogen) atoms. The largest absolute Gasteiger partial charge is 0.431 e. The zero-order valence-corrected chi connectivity index (χ0v) is 10.5. The van der Waals surface area contributed by atoms with Crippen LogP contribution < -0.4 is 5.32 Å². The summed E-state index contributed by atoms with van der Waals surface area (Å²) in [6, 6.07) is 0. The molecule has 0 spiro atoms. The van der Waals surface area contributed by atoms with Crippen molar-refractivity contribution in [3.05, 3.63) is 0 Å². The zero-order chi connectivity index (χ0) is 13.1. The molecule has 1 aliphatic rings. The molecule has 6 nitrogen and oxygen atoms in total. The number of imide groups is 1. The molecule has 0 saturated carbocycles. The van der Waals surface area contributed by atoms with Crippen LogP contribution in [-0.4, -0.2) is 30.0 Å². The molecule has 0 aromatic rings. The molecule has 6 heteroatoms. The van der Waals surface area contributed by atoms with Crippen LogP contribution in [0.3, 0.4) is 0 Å². The van der Waals surface area contributed by atoms with Crippen LogP contribution in [0.15, 0.2) is 0 Å². The van der Waals surface area contributed by atoms with Crippen LogP contribution in [0.1, 0.15) is 40.5 Å². The van der Waals surface area contributed by atoms with Gasteiger partial charge in [0.1, 0.15) is 0 Å². The topological polar surface area (TPSA) is 75.7 Å². The summed E-state index contributed by atoms with van der Waals surface area (Å²) in [6.45, 7) is 8.00. The zero-order valence-electron chi connectivity index (χ0n) is 10.5. The summed E-state index contributed by atoms with van der Waals surface area (Å²) in [5, 5.41) is 2.61. The van der Waals surface area contributed by atoms with E-state index in [9.17, 15) is 14.4 Å². The Morgan fingerprint density at radius 3 is 1.81 bits per heavy atom. The minimum absolute atomic E-state index is 0.107. The van der Waals surface area contributed by atoms with E-state index < -0.39 is 17.9 Å². The van der Waals surface area contributed by atoms with E-state index >= 15 is 0 Å². The molecular weight excluding hydrogens is 212 g/mol. The first-order valence-electron chi connectivity index (χ1n) is 5.40. The van der Waals surface area contributed by atoms with E-state index in [4.69, 9.17) is 0 Å². The van der Waals surface area contributed by atoms with Crippen molar-refractivity contribution < 1.29 is 19.2 Å². The Balaban J connectivity index is 0. The van der Waals surface area contributed by atoms with Gasteiger partial charge in [-0.15, -0.1) is 5.06 Å². The fourth-order valence-electron chi connectivity index (χ4n) is 0.786. The van der Waals surface area contributed by atoms with Gasteiger partial charge in [0.05, 0.1) is 0 Å². The Bertz CT molecular complexity index is 225. The minimum Gasteiger partial charge on any atom is -0.323 e. The maximum Gasteiger partial charge on any atom is 0.431 e. The molecule has 0 atom stereocenters. The van der Waals surface area contributed by atoms with E-state index in [0.29, 0.717) is 5.06 Å². The molecule has 0 aromatic heterocycles. The average molecular weight is 232 g/mol. The monoisotopic (exact) mass is 232 g/mol. The first-order valence-corrected chi connectivity index (χ1v) is 5.40. The quantitative estimate of drug-likeness (QED) is 0.694. The van der Waals surface area contributed by atoms with Gasteiger partial charge in [-0.1, -0.05) is 27.7 Å². The lowest BCUT2D eigenvalue weighted by Gasteiger charge is -2.11. The smallest absolute Gasteiger partial charge is 0.323 e. The van der Waals surface area contributed by atoms with E-state index in [0.717, 1.165) is 0 Å². The molecule has 1 heterocycles. The van der Waals surface area contributed by atoms with Gasteiger partial charge in [0.2, 0.25) is 0 Å². The van der Waals surface area contributed by atoms with Crippen molar-refractivity contribution in [2.75, 3.05) is 7.05 Å². The highest BCUT2D eigenvalue weighted by molar-refractivity contribution is 6.01. The van der Waals surface area contributed by atoms with Gasteiger partial charge < -0.3 is 10.2 Å². The molecule has 1 fully saturated rings. The third-order valence-corrected chi connectivity index (χ3v) is 1.38. The lowest BCUT2D eigenvalue weighted by molar-refractivity contribution is -0.171. The van der Waals surface area contributed by atoms with Crippen molar-refractivity contribution in [3.63, 3.8) is 0 Å². The van der Waals surface area contributed by atoms with E-state index in [2.05, 4.69) is 10.2 Å². The van der Waals surface area contributed by atoms with E-state index in [1.807, 2.05) is 27.7 Å². The molecule has 1 rings (SSSR count). The lowest BCUT2D eigenvalue weighted by Crippen LogP contribution is -2.35. The average Bonchev–Trinajstić information content (AvgIpc) is 2.65. The second kappa shape index (κ2) is 9.95. The van der Waals surface area contributed by atoms with Gasteiger partial charge in [-0.25, -0.2) is 4.79 Å². The third-order valence-electron chi connectivity index (χ3n) is 1.38. The first-order chi connectivity index (χ1) is 7.65. The van der Waals surface area contributed by atoms with Gasteiger partial charge in [0.15, 0.2) is 0 Å². The highest BCUT2D eigenvalue weighted by Crippen LogP contribution is 2.11. The van der Waals surface area contributed by atoms with Crippen LogP contribution in [0.4, 0.5) is 4.79 Å². The molecule has 0 radical (unpaired) electrons. The molecule has 1 aliphatic heterocycles. The number of hydrogen-bond acceptors (Lipinski definition) is 4. The van der Waals surface area contributed by atoms with Gasteiger partial charge in [-0.2, -0.15) is 0 Å². The fourth-order valence-corrected chi connectivity index (χ4v) is 0.786. The van der Waals surface area contributed by atoms with E-state index in [-0.39, 0.29) is 12.8 Å². The van der Waals surface area contributed by atoms with Crippen molar-refractivity contribution in [2.45, 2.75) is 40.5 Å². The summed E-state index contributed by atoms with van der Waals surface area (Å²) < 4.78 is 0. The number of hydroxylamine groups is 2. The maximum absolute atomic E-state index is 10.8.